The minimum Gasteiger partial charge on any atom is -0.463 e. The molecule has 0 aliphatic rings. The van der Waals surface area contributed by atoms with Gasteiger partial charge < -0.3 is 4.74 Å². The van der Waals surface area contributed by atoms with E-state index in [1.54, 1.807) is 31.3 Å². The molecule has 0 fully saturated rings. The molecule has 0 radical (unpaired) electrons. The average molecular weight is 178 g/mol. The topological polar surface area (TPSA) is 52.1 Å². The van der Waals surface area contributed by atoms with Gasteiger partial charge in [-0.25, -0.2) is 4.79 Å². The van der Waals surface area contributed by atoms with Gasteiger partial charge in [0, 0.05) is 12.3 Å². The molecule has 0 spiro atoms. The maximum atomic E-state index is 10.9. The fourth-order valence-electron chi connectivity index (χ4n) is 0.746. The highest BCUT2D eigenvalue weighted by Gasteiger charge is 1.93. The molecule has 0 bridgehead atoms. The Morgan fingerprint density at radius 1 is 1.69 bits per heavy atom. The number of ether oxygens (including phenoxy) is 1. The van der Waals surface area contributed by atoms with Crippen LogP contribution in [0, 0.1) is 0 Å². The van der Waals surface area contributed by atoms with Gasteiger partial charge in [0.25, 0.3) is 0 Å². The summed E-state index contributed by atoms with van der Waals surface area (Å²) in [5, 5.41) is 7.42. The van der Waals surface area contributed by atoms with Crippen molar-refractivity contribution in [3.63, 3.8) is 0 Å². The van der Waals surface area contributed by atoms with Crippen molar-refractivity contribution in [2.75, 3.05) is 6.61 Å². The predicted octanol–water partition coefficient (Wildman–Crippen LogP) is 1.05. The number of rotatable bonds is 3. The number of hydrogen-bond donors (Lipinski definition) is 0. The molecule has 1 heterocycles. The van der Waals surface area contributed by atoms with Crippen molar-refractivity contribution in [2.24, 2.45) is 0 Å². The molecule has 1 aromatic heterocycles. The molecule has 1 aromatic rings. The Morgan fingerprint density at radius 2 is 2.54 bits per heavy atom. The van der Waals surface area contributed by atoms with Crippen LogP contribution in [0.3, 0.4) is 0 Å². The number of aromatic nitrogens is 2. The summed E-state index contributed by atoms with van der Waals surface area (Å²) in [5.74, 6) is -0.367. The first-order chi connectivity index (χ1) is 6.33. The molecule has 1 rings (SSSR count). The Morgan fingerprint density at radius 3 is 3.15 bits per heavy atom. The molecule has 0 aliphatic carbocycles. The lowest BCUT2D eigenvalue weighted by Gasteiger charge is -1.93. The van der Waals surface area contributed by atoms with E-state index in [9.17, 15) is 4.79 Å². The van der Waals surface area contributed by atoms with Gasteiger partial charge in [0.2, 0.25) is 0 Å². The van der Waals surface area contributed by atoms with E-state index in [2.05, 4.69) is 14.9 Å². The third kappa shape index (κ3) is 3.46. The molecule has 0 amide bonds. The van der Waals surface area contributed by atoms with Gasteiger partial charge in [0.15, 0.2) is 0 Å². The molecule has 0 unspecified atom stereocenters. The Balaban J connectivity index is 2.54. The van der Waals surface area contributed by atoms with Gasteiger partial charge in [0.05, 0.1) is 12.3 Å². The van der Waals surface area contributed by atoms with Crippen molar-refractivity contribution in [2.45, 2.75) is 6.92 Å². The quantitative estimate of drug-likeness (QED) is 0.513. The lowest BCUT2D eigenvalue weighted by molar-refractivity contribution is -0.137. The van der Waals surface area contributed by atoms with Crippen LogP contribution >= 0.6 is 0 Å². The highest BCUT2D eigenvalue weighted by Crippen LogP contribution is 1.94. The van der Waals surface area contributed by atoms with Gasteiger partial charge in [-0.3, -0.25) is 0 Å². The summed E-state index contributed by atoms with van der Waals surface area (Å²) in [6.45, 7) is 2.14. The summed E-state index contributed by atoms with van der Waals surface area (Å²) in [4.78, 5) is 10.9. The molecule has 0 aliphatic heterocycles. The highest BCUT2D eigenvalue weighted by atomic mass is 16.5. The van der Waals surface area contributed by atoms with Crippen molar-refractivity contribution < 1.29 is 9.53 Å². The Bertz CT molecular complexity index is 296. The van der Waals surface area contributed by atoms with Crippen molar-refractivity contribution in [3.05, 3.63) is 30.1 Å². The van der Waals surface area contributed by atoms with E-state index < -0.39 is 0 Å². The summed E-state index contributed by atoms with van der Waals surface area (Å²) < 4.78 is 4.69. The van der Waals surface area contributed by atoms with E-state index in [1.807, 2.05) is 0 Å². The van der Waals surface area contributed by atoms with Gasteiger partial charge >= 0.3 is 5.97 Å². The van der Waals surface area contributed by atoms with Gasteiger partial charge in [-0.2, -0.15) is 10.2 Å². The molecule has 0 atom stereocenters. The van der Waals surface area contributed by atoms with E-state index in [1.165, 1.54) is 6.08 Å². The second-order valence-electron chi connectivity index (χ2n) is 2.23. The smallest absolute Gasteiger partial charge is 0.330 e. The Labute approximate surface area is 76.2 Å². The molecule has 13 heavy (non-hydrogen) atoms. The van der Waals surface area contributed by atoms with Gasteiger partial charge in [0.1, 0.15) is 0 Å². The maximum absolute atomic E-state index is 10.9. The number of esters is 1. The largest absolute Gasteiger partial charge is 0.463 e. The molecule has 0 N–H and O–H groups in total. The van der Waals surface area contributed by atoms with E-state index >= 15 is 0 Å². The van der Waals surface area contributed by atoms with Crippen LogP contribution in [0.15, 0.2) is 24.4 Å². The van der Waals surface area contributed by atoms with Crippen LogP contribution in [0.25, 0.3) is 6.08 Å². The van der Waals surface area contributed by atoms with E-state index in [0.717, 1.165) is 0 Å². The minimum atomic E-state index is -0.367. The second kappa shape index (κ2) is 5.03. The number of carbonyl (C=O) groups excluding carboxylic acids is 1. The molecular formula is C9H10N2O2. The molecular weight excluding hydrogens is 168 g/mol. The Hall–Kier alpha value is -1.71. The lowest BCUT2D eigenvalue weighted by Crippen LogP contribution is -1.98. The third-order valence-corrected chi connectivity index (χ3v) is 1.27. The number of nitrogens with zero attached hydrogens (tertiary/aromatic N) is 2. The minimum absolute atomic E-state index is 0.367. The van der Waals surface area contributed by atoms with E-state index in [4.69, 9.17) is 0 Å². The highest BCUT2D eigenvalue weighted by molar-refractivity contribution is 5.86. The van der Waals surface area contributed by atoms with Crippen LogP contribution in [0.5, 0.6) is 0 Å². The first-order valence-electron chi connectivity index (χ1n) is 3.95. The maximum Gasteiger partial charge on any atom is 0.330 e. The summed E-state index contributed by atoms with van der Waals surface area (Å²) >= 11 is 0. The first-order valence-corrected chi connectivity index (χ1v) is 3.95. The lowest BCUT2D eigenvalue weighted by atomic mass is 10.3. The molecule has 68 valence electrons. The van der Waals surface area contributed by atoms with E-state index in [-0.39, 0.29) is 5.97 Å². The zero-order chi connectivity index (χ0) is 9.52. The fourth-order valence-corrected chi connectivity index (χ4v) is 0.746. The zero-order valence-electron chi connectivity index (χ0n) is 7.30. The monoisotopic (exact) mass is 178 g/mol. The van der Waals surface area contributed by atoms with Crippen molar-refractivity contribution in [1.29, 1.82) is 0 Å². The average Bonchev–Trinajstić information content (AvgIpc) is 2.17. The van der Waals surface area contributed by atoms with Crippen LogP contribution in [-0.2, 0) is 9.53 Å². The van der Waals surface area contributed by atoms with Crippen LogP contribution in [0.1, 0.15) is 12.6 Å². The summed E-state index contributed by atoms with van der Waals surface area (Å²) in [5.41, 5.74) is 0.635. The van der Waals surface area contributed by atoms with Crippen LogP contribution < -0.4 is 0 Å². The fraction of sp³-hybridized carbons (Fsp3) is 0.222. The molecule has 0 saturated carbocycles. The third-order valence-electron chi connectivity index (χ3n) is 1.27. The molecule has 4 nitrogen and oxygen atoms in total. The normalized spacial score (nSPS) is 10.2. The van der Waals surface area contributed by atoms with Gasteiger partial charge in [-0.1, -0.05) is 0 Å². The van der Waals surface area contributed by atoms with Crippen LogP contribution in [-0.4, -0.2) is 22.8 Å². The first kappa shape index (κ1) is 9.38. The summed E-state index contributed by atoms with van der Waals surface area (Å²) in [7, 11) is 0. The number of hydrogen-bond acceptors (Lipinski definition) is 4. The number of carbonyl (C=O) groups is 1. The van der Waals surface area contributed by atoms with Gasteiger partial charge in [-0.05, 0) is 25.1 Å². The zero-order valence-corrected chi connectivity index (χ0v) is 7.30. The molecule has 0 saturated heterocycles. The summed E-state index contributed by atoms with van der Waals surface area (Å²) in [6.07, 6.45) is 4.46. The van der Waals surface area contributed by atoms with E-state index in [0.29, 0.717) is 12.3 Å². The van der Waals surface area contributed by atoms with Crippen molar-refractivity contribution >= 4 is 12.0 Å². The van der Waals surface area contributed by atoms with Crippen molar-refractivity contribution in [3.8, 4) is 0 Å². The standard InChI is InChI=1S/C9H10N2O2/c1-2-13-9(12)6-5-8-4-3-7-10-11-8/h3-7H,2H2,1H3/b6-5+. The van der Waals surface area contributed by atoms with Crippen LogP contribution in [0.4, 0.5) is 0 Å². The van der Waals surface area contributed by atoms with Crippen molar-refractivity contribution in [1.82, 2.24) is 10.2 Å². The van der Waals surface area contributed by atoms with Crippen LogP contribution in [0.2, 0.25) is 0 Å². The molecule has 4 heteroatoms. The second-order valence-corrected chi connectivity index (χ2v) is 2.23. The SMILES string of the molecule is CCOC(=O)/C=C/c1cccnn1. The predicted molar refractivity (Wildman–Crippen MR) is 47.7 cm³/mol. The van der Waals surface area contributed by atoms with Gasteiger partial charge in [-0.15, -0.1) is 0 Å². The molecule has 0 aromatic carbocycles. The summed E-state index contributed by atoms with van der Waals surface area (Å²) in [6, 6.07) is 3.50. The Kier molecular flexibility index (Phi) is 3.63.